The number of aromatic amines is 1. The van der Waals surface area contributed by atoms with Gasteiger partial charge >= 0.3 is 6.36 Å². The zero-order valence-electron chi connectivity index (χ0n) is 9.36. The van der Waals surface area contributed by atoms with Crippen molar-refractivity contribution in [1.29, 1.82) is 0 Å². The van der Waals surface area contributed by atoms with E-state index >= 15 is 0 Å². The molecule has 0 saturated heterocycles. The van der Waals surface area contributed by atoms with E-state index < -0.39 is 12.3 Å². The molecular weight excluding hydrogens is 263 g/mol. The molecular formula is C11H8F3N3O2. The minimum atomic E-state index is -4.74. The zero-order chi connectivity index (χ0) is 13.9. The number of H-pyrrole nitrogens is 1. The molecule has 19 heavy (non-hydrogen) atoms. The highest BCUT2D eigenvalue weighted by molar-refractivity contribution is 6.02. The SMILES string of the molecule is O=C(Nc1ccc(OC(F)(F)F)cc1)c1cnc[nH]1. The summed E-state index contributed by atoms with van der Waals surface area (Å²) in [6, 6.07) is 4.82. The van der Waals surface area contributed by atoms with Gasteiger partial charge in [0.25, 0.3) is 5.91 Å². The van der Waals surface area contributed by atoms with Gasteiger partial charge in [0.2, 0.25) is 0 Å². The average molecular weight is 271 g/mol. The molecule has 0 spiro atoms. The highest BCUT2D eigenvalue weighted by atomic mass is 19.4. The number of ether oxygens (including phenoxy) is 1. The molecule has 1 aromatic carbocycles. The van der Waals surface area contributed by atoms with Crippen molar-refractivity contribution in [2.75, 3.05) is 5.32 Å². The first-order valence-corrected chi connectivity index (χ1v) is 5.09. The third kappa shape index (κ3) is 3.73. The number of imidazole rings is 1. The maximum atomic E-state index is 11.9. The molecule has 0 radical (unpaired) electrons. The van der Waals surface area contributed by atoms with Gasteiger partial charge in [-0.3, -0.25) is 4.79 Å². The monoisotopic (exact) mass is 271 g/mol. The summed E-state index contributed by atoms with van der Waals surface area (Å²) in [5, 5.41) is 2.49. The number of nitrogens with one attached hydrogen (secondary N) is 2. The van der Waals surface area contributed by atoms with Crippen molar-refractivity contribution in [1.82, 2.24) is 9.97 Å². The van der Waals surface area contributed by atoms with Gasteiger partial charge in [0.05, 0.1) is 12.5 Å². The van der Waals surface area contributed by atoms with E-state index in [9.17, 15) is 18.0 Å². The van der Waals surface area contributed by atoms with Crippen LogP contribution in [0.3, 0.4) is 0 Å². The molecule has 0 aliphatic rings. The number of benzene rings is 1. The number of carbonyl (C=O) groups is 1. The summed E-state index contributed by atoms with van der Waals surface area (Å²) >= 11 is 0. The number of carbonyl (C=O) groups excluding carboxylic acids is 1. The fourth-order valence-electron chi connectivity index (χ4n) is 1.32. The number of alkyl halides is 3. The van der Waals surface area contributed by atoms with Crippen LogP contribution < -0.4 is 10.1 Å². The molecule has 1 heterocycles. The van der Waals surface area contributed by atoms with Gasteiger partial charge in [-0.2, -0.15) is 0 Å². The lowest BCUT2D eigenvalue weighted by atomic mass is 10.3. The lowest BCUT2D eigenvalue weighted by molar-refractivity contribution is -0.274. The first-order valence-electron chi connectivity index (χ1n) is 5.09. The highest BCUT2D eigenvalue weighted by Gasteiger charge is 2.30. The largest absolute Gasteiger partial charge is 0.573 e. The normalized spacial score (nSPS) is 11.1. The third-order valence-corrected chi connectivity index (χ3v) is 2.09. The van der Waals surface area contributed by atoms with Crippen molar-refractivity contribution in [3.8, 4) is 5.75 Å². The van der Waals surface area contributed by atoms with Gasteiger partial charge < -0.3 is 15.0 Å². The van der Waals surface area contributed by atoms with Crippen LogP contribution in [-0.2, 0) is 0 Å². The fraction of sp³-hybridized carbons (Fsp3) is 0.0909. The van der Waals surface area contributed by atoms with E-state index in [2.05, 4.69) is 20.0 Å². The number of anilines is 1. The summed E-state index contributed by atoms with van der Waals surface area (Å²) in [6.45, 7) is 0. The first-order chi connectivity index (χ1) is 8.94. The quantitative estimate of drug-likeness (QED) is 0.901. The molecule has 0 aliphatic heterocycles. The van der Waals surface area contributed by atoms with Crippen LogP contribution in [0.15, 0.2) is 36.8 Å². The number of rotatable bonds is 3. The minimum absolute atomic E-state index is 0.246. The average Bonchev–Trinajstić information content (AvgIpc) is 2.83. The molecule has 0 saturated carbocycles. The van der Waals surface area contributed by atoms with E-state index in [1.807, 2.05) is 0 Å². The van der Waals surface area contributed by atoms with Crippen LogP contribution in [0.5, 0.6) is 5.75 Å². The lowest BCUT2D eigenvalue weighted by Gasteiger charge is -2.09. The van der Waals surface area contributed by atoms with Crippen LogP contribution in [0, 0.1) is 0 Å². The molecule has 0 bridgehead atoms. The molecule has 0 unspecified atom stereocenters. The van der Waals surface area contributed by atoms with E-state index in [0.29, 0.717) is 5.69 Å². The molecule has 5 nitrogen and oxygen atoms in total. The summed E-state index contributed by atoms with van der Waals surface area (Å²) in [6.07, 6.45) is -2.06. The van der Waals surface area contributed by atoms with Gasteiger partial charge in [0, 0.05) is 5.69 Å². The van der Waals surface area contributed by atoms with Gasteiger partial charge in [-0.1, -0.05) is 0 Å². The van der Waals surface area contributed by atoms with Crippen molar-refractivity contribution >= 4 is 11.6 Å². The van der Waals surface area contributed by atoms with E-state index in [-0.39, 0.29) is 11.4 Å². The molecule has 1 aromatic heterocycles. The van der Waals surface area contributed by atoms with Crippen molar-refractivity contribution in [2.24, 2.45) is 0 Å². The van der Waals surface area contributed by atoms with E-state index in [1.165, 1.54) is 24.7 Å². The van der Waals surface area contributed by atoms with Crippen molar-refractivity contribution in [2.45, 2.75) is 6.36 Å². The second kappa shape index (κ2) is 5.01. The standard InChI is InChI=1S/C11H8F3N3O2/c12-11(13,14)19-8-3-1-7(2-4-8)17-10(18)9-5-15-6-16-9/h1-6H,(H,15,16)(H,17,18). The topological polar surface area (TPSA) is 67.0 Å². The van der Waals surface area contributed by atoms with Crippen LogP contribution in [0.4, 0.5) is 18.9 Å². The number of nitrogens with zero attached hydrogens (tertiary/aromatic N) is 1. The van der Waals surface area contributed by atoms with Gasteiger partial charge in [-0.15, -0.1) is 13.2 Å². The van der Waals surface area contributed by atoms with Crippen molar-refractivity contribution in [3.05, 3.63) is 42.5 Å². The number of aromatic nitrogens is 2. The molecule has 2 rings (SSSR count). The van der Waals surface area contributed by atoms with E-state index in [0.717, 1.165) is 12.1 Å². The smallest absolute Gasteiger partial charge is 0.406 e. The van der Waals surface area contributed by atoms with Gasteiger partial charge in [0.15, 0.2) is 0 Å². The molecule has 0 atom stereocenters. The highest BCUT2D eigenvalue weighted by Crippen LogP contribution is 2.24. The Morgan fingerprint density at radius 1 is 1.26 bits per heavy atom. The number of hydrogen-bond donors (Lipinski definition) is 2. The molecule has 0 fully saturated rings. The molecule has 1 amide bonds. The Balaban J connectivity index is 2.01. The van der Waals surface area contributed by atoms with Crippen molar-refractivity contribution in [3.63, 3.8) is 0 Å². The van der Waals surface area contributed by atoms with Crippen LogP contribution in [0.25, 0.3) is 0 Å². The van der Waals surface area contributed by atoms with E-state index in [4.69, 9.17) is 0 Å². The second-order valence-corrected chi connectivity index (χ2v) is 3.49. The first kappa shape index (κ1) is 12.9. The Labute approximate surface area is 105 Å². The Morgan fingerprint density at radius 2 is 1.95 bits per heavy atom. The molecule has 8 heteroatoms. The molecule has 2 N–H and O–H groups in total. The van der Waals surface area contributed by atoms with Gasteiger partial charge in [0.1, 0.15) is 11.4 Å². The van der Waals surface area contributed by atoms with Gasteiger partial charge in [-0.05, 0) is 24.3 Å². The summed E-state index contributed by atoms with van der Waals surface area (Å²) in [4.78, 5) is 17.9. The predicted molar refractivity (Wildman–Crippen MR) is 59.7 cm³/mol. The lowest BCUT2D eigenvalue weighted by Crippen LogP contribution is -2.17. The Hall–Kier alpha value is -2.51. The maximum Gasteiger partial charge on any atom is 0.573 e. The molecule has 2 aromatic rings. The van der Waals surface area contributed by atoms with E-state index in [1.54, 1.807) is 0 Å². The summed E-state index contributed by atoms with van der Waals surface area (Å²) in [5.41, 5.74) is 0.588. The number of amides is 1. The fourth-order valence-corrected chi connectivity index (χ4v) is 1.32. The summed E-state index contributed by atoms with van der Waals surface area (Å²) in [5.74, 6) is -0.797. The molecule has 0 aliphatic carbocycles. The van der Waals surface area contributed by atoms with Crippen LogP contribution in [0.1, 0.15) is 10.5 Å². The maximum absolute atomic E-state index is 11.9. The second-order valence-electron chi connectivity index (χ2n) is 3.49. The van der Waals surface area contributed by atoms with Crippen molar-refractivity contribution < 1.29 is 22.7 Å². The summed E-state index contributed by atoms with van der Waals surface area (Å²) < 4.78 is 39.5. The zero-order valence-corrected chi connectivity index (χ0v) is 9.36. The minimum Gasteiger partial charge on any atom is -0.406 e. The Kier molecular flexibility index (Phi) is 3.41. The number of hydrogen-bond acceptors (Lipinski definition) is 3. The van der Waals surface area contributed by atoms with Crippen LogP contribution >= 0.6 is 0 Å². The van der Waals surface area contributed by atoms with Crippen LogP contribution in [-0.4, -0.2) is 22.2 Å². The molecule has 100 valence electrons. The predicted octanol–water partition coefficient (Wildman–Crippen LogP) is 2.56. The van der Waals surface area contributed by atoms with Gasteiger partial charge in [-0.25, -0.2) is 4.98 Å². The Morgan fingerprint density at radius 3 is 2.47 bits per heavy atom. The third-order valence-electron chi connectivity index (χ3n) is 2.09. The summed E-state index contributed by atoms with van der Waals surface area (Å²) in [7, 11) is 0. The Bertz CT molecular complexity index is 550. The number of halogens is 3. The van der Waals surface area contributed by atoms with Crippen LogP contribution in [0.2, 0.25) is 0 Å².